The van der Waals surface area contributed by atoms with E-state index >= 15 is 0 Å². The van der Waals surface area contributed by atoms with Crippen LogP contribution >= 0.6 is 0 Å². The minimum atomic E-state index is -1.07. The van der Waals surface area contributed by atoms with Gasteiger partial charge < -0.3 is 39.8 Å². The Labute approximate surface area is 307 Å². The third-order valence-electron chi connectivity index (χ3n) is 8.58. The summed E-state index contributed by atoms with van der Waals surface area (Å²) >= 11 is 0. The van der Waals surface area contributed by atoms with Crippen LogP contribution < -0.4 is 21.1 Å². The quantitative estimate of drug-likeness (QED) is 0.137. The van der Waals surface area contributed by atoms with Crippen LogP contribution in [0.1, 0.15) is 53.0 Å². The second kappa shape index (κ2) is 19.5. The summed E-state index contributed by atoms with van der Waals surface area (Å²) in [6.45, 7) is 7.78. The lowest BCUT2D eigenvalue weighted by Crippen LogP contribution is -2.38. The number of fused-ring (bicyclic) bond motifs is 2. The molecule has 286 valence electrons. The highest BCUT2D eigenvalue weighted by molar-refractivity contribution is 6.24. The molecule has 0 saturated heterocycles. The van der Waals surface area contributed by atoms with E-state index in [2.05, 4.69) is 10.6 Å². The van der Waals surface area contributed by atoms with Gasteiger partial charge in [0.15, 0.2) is 6.10 Å². The zero-order valence-corrected chi connectivity index (χ0v) is 30.8. The van der Waals surface area contributed by atoms with Crippen molar-refractivity contribution in [3.8, 4) is 5.75 Å². The normalized spacial score (nSPS) is 27.2. The van der Waals surface area contributed by atoms with Crippen molar-refractivity contribution >= 4 is 35.6 Å². The maximum Gasteiger partial charge on any atom is 0.412 e. The number of hydrogen-bond donors (Lipinski definition) is 4. The molecular weight excluding hydrogens is 690 g/mol. The van der Waals surface area contributed by atoms with Crippen molar-refractivity contribution in [2.24, 2.45) is 17.6 Å². The number of nitrogens with two attached hydrogens (primary N) is 1. The molecule has 1 aromatic rings. The van der Waals surface area contributed by atoms with Gasteiger partial charge in [0, 0.05) is 44.3 Å². The van der Waals surface area contributed by atoms with Gasteiger partial charge in [0.1, 0.15) is 18.5 Å². The van der Waals surface area contributed by atoms with E-state index < -0.39 is 71.9 Å². The number of Topliss-reactive ketones (excluding diaryl/α,β-unsaturated/α-hetero) is 1. The van der Waals surface area contributed by atoms with Crippen LogP contribution in [-0.4, -0.2) is 79.4 Å². The molecule has 15 heteroatoms. The van der Waals surface area contributed by atoms with E-state index in [9.17, 15) is 33.9 Å². The number of carbonyl (C=O) groups excluding carboxylic acids is 6. The predicted molar refractivity (Wildman–Crippen MR) is 191 cm³/mol. The number of methoxy groups -OCH3 is 2. The van der Waals surface area contributed by atoms with E-state index in [0.29, 0.717) is 16.9 Å². The average Bonchev–Trinajstić information content (AvgIpc) is 3.10. The number of ketones is 2. The van der Waals surface area contributed by atoms with Gasteiger partial charge in [-0.25, -0.2) is 9.59 Å². The fourth-order valence-corrected chi connectivity index (χ4v) is 5.83. The molecule has 1 heterocycles. The fourth-order valence-electron chi connectivity index (χ4n) is 5.83. The molecular formula is C38H47N3O12. The maximum absolute atomic E-state index is 13.9. The van der Waals surface area contributed by atoms with Gasteiger partial charge in [-0.2, -0.15) is 0 Å². The van der Waals surface area contributed by atoms with Gasteiger partial charge in [-0.15, -0.1) is 0 Å². The van der Waals surface area contributed by atoms with Crippen molar-refractivity contribution < 1.29 is 57.6 Å². The minimum Gasteiger partial charge on any atom is -0.444 e. The van der Waals surface area contributed by atoms with Crippen LogP contribution in [0.15, 0.2) is 82.8 Å². The number of ether oxygens (including phenoxy) is 5. The van der Waals surface area contributed by atoms with E-state index in [-0.39, 0.29) is 42.0 Å². The summed E-state index contributed by atoms with van der Waals surface area (Å²) in [5.74, 6) is -3.26. The van der Waals surface area contributed by atoms with Crippen LogP contribution in [0.3, 0.4) is 0 Å². The first-order chi connectivity index (χ1) is 25.0. The van der Waals surface area contributed by atoms with Crippen molar-refractivity contribution in [3.05, 3.63) is 88.3 Å². The Balaban J connectivity index is 1.98. The van der Waals surface area contributed by atoms with E-state index in [0.717, 1.165) is 6.08 Å². The van der Waals surface area contributed by atoms with Crippen molar-refractivity contribution in [1.29, 1.82) is 0 Å². The molecule has 0 radical (unpaired) electrons. The molecule has 5 N–H and O–H groups in total. The first kappa shape index (κ1) is 42.0. The van der Waals surface area contributed by atoms with Crippen molar-refractivity contribution in [2.45, 2.75) is 78.5 Å². The predicted octanol–water partition coefficient (Wildman–Crippen LogP) is 3.61. The molecule has 53 heavy (non-hydrogen) atoms. The van der Waals surface area contributed by atoms with Crippen LogP contribution in [0.25, 0.3) is 0 Å². The van der Waals surface area contributed by atoms with Crippen LogP contribution in [-0.2, 0) is 44.7 Å². The first-order valence-electron chi connectivity index (χ1n) is 16.8. The van der Waals surface area contributed by atoms with Crippen LogP contribution in [0.5, 0.6) is 5.75 Å². The molecule has 3 amide bonds. The molecule has 2 aliphatic rings. The number of aliphatic hydroxyl groups is 1. The highest BCUT2D eigenvalue weighted by Crippen LogP contribution is 2.29. The summed E-state index contributed by atoms with van der Waals surface area (Å²) in [6.07, 6.45) is 1.57. The lowest BCUT2D eigenvalue weighted by molar-refractivity contribution is -0.132. The average molecular weight is 738 g/mol. The molecule has 0 saturated carbocycles. The number of nitrogens with one attached hydrogen (secondary N) is 2. The Morgan fingerprint density at radius 1 is 1.04 bits per heavy atom. The van der Waals surface area contributed by atoms with Crippen LogP contribution in [0.2, 0.25) is 0 Å². The molecule has 0 fully saturated rings. The Kier molecular flexibility index (Phi) is 15.4. The largest absolute Gasteiger partial charge is 0.444 e. The summed E-state index contributed by atoms with van der Waals surface area (Å²) in [6, 6.07) is 6.23. The maximum atomic E-state index is 13.9. The number of alkyl carbamates (subject to hydrolysis) is 1. The summed E-state index contributed by atoms with van der Waals surface area (Å²) in [5.41, 5.74) is 5.91. The third-order valence-corrected chi connectivity index (χ3v) is 8.58. The van der Waals surface area contributed by atoms with E-state index in [1.807, 2.05) is 0 Å². The smallest absolute Gasteiger partial charge is 0.412 e. The molecule has 0 spiro atoms. The van der Waals surface area contributed by atoms with Gasteiger partial charge >= 0.3 is 18.2 Å². The van der Waals surface area contributed by atoms with Crippen molar-refractivity contribution in [3.63, 3.8) is 0 Å². The standard InChI is InChI=1S/C38H47N3O12/c1-20-15-27-32(41-38(48)51-19-25-11-13-26(14-12-25)52-24(5)42)29(43)18-28(34(27)45)40-36(46)21(2)9-8-10-30(49-6)35(53-37(39)47)23(4)17-22(3)33(44)31(16-20)50-7/h8-14,17-18,20,22,30-31,33,35,44H,15-16,19H2,1-7H3,(H2,39,47)(H,40,46)(H,41,48)/b10-8-,21-9-,23-17-/t20-,22+,30-,31-,33+,35-/m1/s1. The highest BCUT2D eigenvalue weighted by Gasteiger charge is 2.34. The fraction of sp³-hybridized carbons (Fsp3) is 0.421. The Bertz CT molecular complexity index is 1720. The molecule has 2 bridgehead atoms. The number of allylic oxidation sites excluding steroid dienone is 4. The number of carbonyl (C=O) groups is 6. The number of esters is 1. The molecule has 1 aromatic carbocycles. The van der Waals surface area contributed by atoms with Gasteiger partial charge in [0.05, 0.1) is 23.6 Å². The summed E-state index contributed by atoms with van der Waals surface area (Å²) in [4.78, 5) is 76.5. The second-order valence-electron chi connectivity index (χ2n) is 12.9. The zero-order chi connectivity index (χ0) is 39.4. The van der Waals surface area contributed by atoms with Crippen LogP contribution in [0.4, 0.5) is 9.59 Å². The van der Waals surface area contributed by atoms with Gasteiger partial charge in [0.25, 0.3) is 5.91 Å². The van der Waals surface area contributed by atoms with Crippen LogP contribution in [0, 0.1) is 11.8 Å². The Morgan fingerprint density at radius 2 is 1.72 bits per heavy atom. The first-order valence-corrected chi connectivity index (χ1v) is 16.8. The Hall–Kier alpha value is -5.38. The lowest BCUT2D eigenvalue weighted by atomic mass is 9.85. The van der Waals surface area contributed by atoms with Gasteiger partial charge in [-0.05, 0) is 55.9 Å². The number of rotatable bonds is 7. The number of primary amides is 1. The number of amides is 3. The van der Waals surface area contributed by atoms with Gasteiger partial charge in [-0.1, -0.05) is 50.3 Å². The number of hydrogen-bond acceptors (Lipinski definition) is 12. The van der Waals surface area contributed by atoms with Crippen molar-refractivity contribution in [1.82, 2.24) is 10.6 Å². The number of aliphatic hydroxyl groups excluding tert-OH is 1. The van der Waals surface area contributed by atoms with Gasteiger partial charge in [-0.3, -0.25) is 24.5 Å². The highest BCUT2D eigenvalue weighted by atomic mass is 16.6. The molecule has 0 aromatic heterocycles. The number of benzene rings is 1. The van der Waals surface area contributed by atoms with E-state index in [1.54, 1.807) is 45.1 Å². The molecule has 0 unspecified atom stereocenters. The summed E-state index contributed by atoms with van der Waals surface area (Å²) < 4.78 is 26.9. The SMILES string of the molecule is CO[C@@H]1/C=C\C=C(\C)C(=O)NC2=CC(=O)C(NC(=O)OCc3ccc(OC(C)=O)cc3)=C(C[C@@H](C)C[C@@H](OC)[C@@H](O)[C@@H](C)/C=C(/C)[C@H]1OC(N)=O)C2=O. The zero-order valence-electron chi connectivity index (χ0n) is 30.8. The summed E-state index contributed by atoms with van der Waals surface area (Å²) in [5, 5.41) is 16.3. The van der Waals surface area contributed by atoms with E-state index in [1.165, 1.54) is 52.4 Å². The second-order valence-corrected chi connectivity index (χ2v) is 12.9. The molecule has 6 atom stereocenters. The minimum absolute atomic E-state index is 0.0531. The lowest BCUT2D eigenvalue weighted by Gasteiger charge is -2.30. The van der Waals surface area contributed by atoms with Gasteiger partial charge in [0.2, 0.25) is 11.6 Å². The molecule has 3 rings (SSSR count). The molecule has 1 aliphatic heterocycles. The third kappa shape index (κ3) is 12.1. The Morgan fingerprint density at radius 3 is 2.32 bits per heavy atom. The summed E-state index contributed by atoms with van der Waals surface area (Å²) in [7, 11) is 2.83. The monoisotopic (exact) mass is 737 g/mol. The molecule has 15 nitrogen and oxygen atoms in total. The molecule has 1 aliphatic carbocycles. The van der Waals surface area contributed by atoms with Crippen molar-refractivity contribution in [2.75, 3.05) is 14.2 Å². The van der Waals surface area contributed by atoms with E-state index in [4.69, 9.17) is 29.4 Å². The topological polar surface area (TPSA) is 219 Å².